The van der Waals surface area contributed by atoms with E-state index in [1.807, 2.05) is 0 Å². The minimum Gasteiger partial charge on any atom is -0.375 e. The van der Waals surface area contributed by atoms with Crippen molar-refractivity contribution in [3.8, 4) is 6.07 Å². The first-order valence-electron chi connectivity index (χ1n) is 5.78. The summed E-state index contributed by atoms with van der Waals surface area (Å²) in [4.78, 5) is 2.38. The normalized spacial score (nSPS) is 16.7. The fourth-order valence-corrected chi connectivity index (χ4v) is 1.58. The van der Waals surface area contributed by atoms with Gasteiger partial charge in [0.2, 0.25) is 0 Å². The lowest BCUT2D eigenvalue weighted by Gasteiger charge is -2.24. The highest BCUT2D eigenvalue weighted by Gasteiger charge is 2.28. The average Bonchev–Trinajstić information content (AvgIpc) is 2.92. The summed E-state index contributed by atoms with van der Waals surface area (Å²) in [6.07, 6.45) is 3.22. The number of rotatable bonds is 6. The van der Waals surface area contributed by atoms with Gasteiger partial charge >= 0.3 is 0 Å². The topological polar surface area (TPSA) is 36.3 Å². The molecular weight excluding hydrogens is 188 g/mol. The summed E-state index contributed by atoms with van der Waals surface area (Å²) >= 11 is 0. The highest BCUT2D eigenvalue weighted by Crippen LogP contribution is 2.26. The minimum absolute atomic E-state index is 0.0511. The van der Waals surface area contributed by atoms with Crippen LogP contribution in [-0.4, -0.2) is 36.2 Å². The summed E-state index contributed by atoms with van der Waals surface area (Å²) < 4.78 is 5.69. The number of nitriles is 1. The Hall–Kier alpha value is -0.590. The Morgan fingerprint density at radius 2 is 2.00 bits per heavy atom. The van der Waals surface area contributed by atoms with Crippen molar-refractivity contribution in [2.75, 3.05) is 19.7 Å². The summed E-state index contributed by atoms with van der Waals surface area (Å²) in [6, 6.07) is 2.93. The monoisotopic (exact) mass is 210 g/mol. The van der Waals surface area contributed by atoms with Crippen LogP contribution in [0.15, 0.2) is 0 Å². The number of nitrogens with zero attached hydrogens (tertiary/aromatic N) is 2. The lowest BCUT2D eigenvalue weighted by molar-refractivity contribution is -0.0137. The standard InChI is InChI=1S/C12H22N2O/c1-12(2,3)15-10-9-14(8-4-7-13)11-5-6-11/h11H,4-6,8-10H2,1-3H3. The zero-order chi connectivity index (χ0) is 11.3. The van der Waals surface area contributed by atoms with Crippen molar-refractivity contribution < 1.29 is 4.74 Å². The van der Waals surface area contributed by atoms with Crippen LogP contribution in [0.1, 0.15) is 40.0 Å². The Morgan fingerprint density at radius 3 is 2.47 bits per heavy atom. The maximum Gasteiger partial charge on any atom is 0.0635 e. The molecule has 3 heteroatoms. The molecule has 0 amide bonds. The van der Waals surface area contributed by atoms with E-state index in [0.29, 0.717) is 6.42 Å². The van der Waals surface area contributed by atoms with Gasteiger partial charge in [0.1, 0.15) is 0 Å². The molecule has 0 N–H and O–H groups in total. The van der Waals surface area contributed by atoms with Crippen molar-refractivity contribution in [1.82, 2.24) is 4.90 Å². The van der Waals surface area contributed by atoms with Crippen molar-refractivity contribution in [2.24, 2.45) is 0 Å². The van der Waals surface area contributed by atoms with E-state index in [1.165, 1.54) is 12.8 Å². The van der Waals surface area contributed by atoms with E-state index in [0.717, 1.165) is 25.7 Å². The van der Waals surface area contributed by atoms with Gasteiger partial charge in [-0.2, -0.15) is 5.26 Å². The summed E-state index contributed by atoms with van der Waals surface area (Å²) in [7, 11) is 0. The van der Waals surface area contributed by atoms with E-state index in [-0.39, 0.29) is 5.60 Å². The molecule has 1 saturated carbocycles. The van der Waals surface area contributed by atoms with E-state index in [2.05, 4.69) is 31.7 Å². The van der Waals surface area contributed by atoms with Gasteiger partial charge in [-0.15, -0.1) is 0 Å². The second-order valence-corrected chi connectivity index (χ2v) is 5.14. The van der Waals surface area contributed by atoms with Crippen molar-refractivity contribution in [2.45, 2.75) is 51.7 Å². The molecule has 0 atom stereocenters. The van der Waals surface area contributed by atoms with Crippen LogP contribution >= 0.6 is 0 Å². The summed E-state index contributed by atoms with van der Waals surface area (Å²) in [5.41, 5.74) is -0.0511. The first-order chi connectivity index (χ1) is 7.03. The number of hydrogen-bond donors (Lipinski definition) is 0. The highest BCUT2D eigenvalue weighted by molar-refractivity contribution is 4.86. The Balaban J connectivity index is 2.17. The molecular formula is C12H22N2O. The maximum absolute atomic E-state index is 8.56. The van der Waals surface area contributed by atoms with E-state index in [1.54, 1.807) is 0 Å². The van der Waals surface area contributed by atoms with Gasteiger partial charge in [0.25, 0.3) is 0 Å². The van der Waals surface area contributed by atoms with Crippen molar-refractivity contribution in [3.63, 3.8) is 0 Å². The fourth-order valence-electron chi connectivity index (χ4n) is 1.58. The van der Waals surface area contributed by atoms with Gasteiger partial charge in [-0.25, -0.2) is 0 Å². The Morgan fingerprint density at radius 1 is 1.33 bits per heavy atom. The summed E-state index contributed by atoms with van der Waals surface area (Å²) in [6.45, 7) is 8.85. The molecule has 1 rings (SSSR count). The number of ether oxygens (including phenoxy) is 1. The predicted molar refractivity (Wildman–Crippen MR) is 60.5 cm³/mol. The van der Waals surface area contributed by atoms with Crippen molar-refractivity contribution >= 4 is 0 Å². The molecule has 0 aromatic carbocycles. The molecule has 0 spiro atoms. The quantitative estimate of drug-likeness (QED) is 0.674. The van der Waals surface area contributed by atoms with Crippen molar-refractivity contribution in [3.05, 3.63) is 0 Å². The molecule has 15 heavy (non-hydrogen) atoms. The number of hydrogen-bond acceptors (Lipinski definition) is 3. The van der Waals surface area contributed by atoms with Crippen LogP contribution in [0.4, 0.5) is 0 Å². The van der Waals surface area contributed by atoms with E-state index in [9.17, 15) is 0 Å². The molecule has 0 heterocycles. The van der Waals surface area contributed by atoms with Gasteiger partial charge in [0.15, 0.2) is 0 Å². The molecule has 1 aliphatic carbocycles. The molecule has 0 aliphatic heterocycles. The molecule has 0 saturated heterocycles. The third-order valence-electron chi connectivity index (χ3n) is 2.49. The van der Waals surface area contributed by atoms with Gasteiger partial charge in [-0.1, -0.05) is 0 Å². The second kappa shape index (κ2) is 5.48. The molecule has 86 valence electrons. The van der Waals surface area contributed by atoms with Crippen LogP contribution in [0.5, 0.6) is 0 Å². The van der Waals surface area contributed by atoms with E-state index < -0.39 is 0 Å². The van der Waals surface area contributed by atoms with Crippen molar-refractivity contribution in [1.29, 1.82) is 5.26 Å². The van der Waals surface area contributed by atoms with E-state index in [4.69, 9.17) is 10.00 Å². The zero-order valence-corrected chi connectivity index (χ0v) is 10.1. The fraction of sp³-hybridized carbons (Fsp3) is 0.917. The van der Waals surface area contributed by atoms with Gasteiger partial charge in [-0.3, -0.25) is 4.90 Å². The van der Waals surface area contributed by atoms with Gasteiger partial charge in [-0.05, 0) is 33.6 Å². The average molecular weight is 210 g/mol. The SMILES string of the molecule is CC(C)(C)OCCN(CCC#N)C1CC1. The lowest BCUT2D eigenvalue weighted by atomic mass is 10.2. The smallest absolute Gasteiger partial charge is 0.0635 e. The molecule has 3 nitrogen and oxygen atoms in total. The first kappa shape index (κ1) is 12.5. The molecule has 0 unspecified atom stereocenters. The molecule has 1 aliphatic rings. The molecule has 1 fully saturated rings. The summed E-state index contributed by atoms with van der Waals surface area (Å²) in [5.74, 6) is 0. The largest absolute Gasteiger partial charge is 0.375 e. The molecule has 0 bridgehead atoms. The first-order valence-corrected chi connectivity index (χ1v) is 5.78. The molecule has 0 aromatic heterocycles. The molecule has 0 radical (unpaired) electrons. The minimum atomic E-state index is -0.0511. The van der Waals surface area contributed by atoms with Crippen LogP contribution in [-0.2, 0) is 4.74 Å². The van der Waals surface area contributed by atoms with Gasteiger partial charge in [0, 0.05) is 25.6 Å². The van der Waals surface area contributed by atoms with Gasteiger partial charge in [0.05, 0.1) is 18.3 Å². The Bertz CT molecular complexity index is 223. The summed E-state index contributed by atoms with van der Waals surface area (Å²) in [5, 5.41) is 8.56. The zero-order valence-electron chi connectivity index (χ0n) is 10.1. The Labute approximate surface area is 93.0 Å². The van der Waals surface area contributed by atoms with E-state index >= 15 is 0 Å². The van der Waals surface area contributed by atoms with Crippen LogP contribution in [0, 0.1) is 11.3 Å². The van der Waals surface area contributed by atoms with Crippen LogP contribution in [0.25, 0.3) is 0 Å². The second-order valence-electron chi connectivity index (χ2n) is 5.14. The van der Waals surface area contributed by atoms with Crippen LogP contribution < -0.4 is 0 Å². The van der Waals surface area contributed by atoms with Gasteiger partial charge < -0.3 is 4.74 Å². The third-order valence-corrected chi connectivity index (χ3v) is 2.49. The van der Waals surface area contributed by atoms with Crippen LogP contribution in [0.3, 0.4) is 0 Å². The third kappa shape index (κ3) is 5.76. The predicted octanol–water partition coefficient (Wildman–Crippen LogP) is 2.18. The van der Waals surface area contributed by atoms with Crippen LogP contribution in [0.2, 0.25) is 0 Å². The molecule has 0 aromatic rings. The lowest BCUT2D eigenvalue weighted by Crippen LogP contribution is -2.33. The highest BCUT2D eigenvalue weighted by atomic mass is 16.5. The maximum atomic E-state index is 8.56. The Kier molecular flexibility index (Phi) is 4.56.